The summed E-state index contributed by atoms with van der Waals surface area (Å²) in [5.74, 6) is -0.901. The number of allylic oxidation sites excluding steroid dienone is 20. The van der Waals surface area contributed by atoms with Gasteiger partial charge in [-0.2, -0.15) is 0 Å². The summed E-state index contributed by atoms with van der Waals surface area (Å²) in [6.45, 7) is 6.47. The Morgan fingerprint density at radius 1 is 0.266 bits per heavy atom. The lowest BCUT2D eigenvalue weighted by molar-refractivity contribution is -0.167. The number of carbonyl (C=O) groups is 3. The first kappa shape index (κ1) is 74.8. The Labute approximate surface area is 488 Å². The van der Waals surface area contributed by atoms with Gasteiger partial charge in [0.05, 0.1) is 0 Å². The van der Waals surface area contributed by atoms with Crippen molar-refractivity contribution in [2.45, 2.75) is 309 Å². The third kappa shape index (κ3) is 64.5. The highest BCUT2D eigenvalue weighted by atomic mass is 16.6. The van der Waals surface area contributed by atoms with Crippen molar-refractivity contribution in [1.29, 1.82) is 0 Å². The van der Waals surface area contributed by atoms with Crippen molar-refractivity contribution in [3.8, 4) is 0 Å². The standard InChI is InChI=1S/C73H122O6/c1-4-7-10-13-16-18-20-22-24-26-28-30-31-32-33-34-35-36-37-38-39-40-41-43-44-46-48-50-52-54-57-60-63-66-72(75)78-69-70(68-77-71(74)65-62-59-56-15-12-9-6-3)79-73(76)67-64-61-58-55-53-51-49-47-45-42-29-27-25-23-21-19-17-14-11-8-5-2/h7,10,16,18,21-24,27-30,32-33,35-36,38-39,45,47,70H,4-6,8-9,11-15,17,19-20,25-26,31,34,37,40-44,46,48-69H2,1-3H3/b10-7-,18-16-,23-21-,24-22-,29-27-,30-28-,33-32-,36-35-,39-38-,47-45-. The Morgan fingerprint density at radius 3 is 0.772 bits per heavy atom. The summed E-state index contributed by atoms with van der Waals surface area (Å²) in [6, 6.07) is 0. The lowest BCUT2D eigenvalue weighted by Gasteiger charge is -2.18. The van der Waals surface area contributed by atoms with E-state index in [4.69, 9.17) is 14.2 Å². The van der Waals surface area contributed by atoms with Gasteiger partial charge in [0.2, 0.25) is 0 Å². The molecule has 1 atom stereocenters. The van der Waals surface area contributed by atoms with E-state index in [0.717, 1.165) is 128 Å². The molecule has 0 aliphatic rings. The fraction of sp³-hybridized carbons (Fsp3) is 0.685. The van der Waals surface area contributed by atoms with E-state index >= 15 is 0 Å². The molecular weight excluding hydrogens is 973 g/mol. The number of esters is 3. The molecule has 0 bridgehead atoms. The van der Waals surface area contributed by atoms with Crippen molar-refractivity contribution in [2.75, 3.05) is 13.2 Å². The molecule has 0 spiro atoms. The Balaban J connectivity index is 4.14. The predicted molar refractivity (Wildman–Crippen MR) is 343 cm³/mol. The molecule has 0 rings (SSSR count). The quantitative estimate of drug-likeness (QED) is 0.0261. The highest BCUT2D eigenvalue weighted by Crippen LogP contribution is 2.16. The van der Waals surface area contributed by atoms with Crippen molar-refractivity contribution >= 4 is 17.9 Å². The number of ether oxygens (including phenoxy) is 3. The minimum Gasteiger partial charge on any atom is -0.462 e. The molecule has 0 saturated carbocycles. The molecule has 6 nitrogen and oxygen atoms in total. The molecule has 0 fully saturated rings. The molecule has 1 unspecified atom stereocenters. The third-order valence-corrected chi connectivity index (χ3v) is 14.0. The number of hydrogen-bond donors (Lipinski definition) is 0. The lowest BCUT2D eigenvalue weighted by Crippen LogP contribution is -2.30. The van der Waals surface area contributed by atoms with E-state index in [1.807, 2.05) is 0 Å². The maximum Gasteiger partial charge on any atom is 0.306 e. The molecule has 0 saturated heterocycles. The molecule has 0 aromatic carbocycles. The first-order chi connectivity index (χ1) is 39.0. The highest BCUT2D eigenvalue weighted by Gasteiger charge is 2.19. The first-order valence-electron chi connectivity index (χ1n) is 33.0. The Kier molecular flexibility index (Phi) is 62.8. The van der Waals surface area contributed by atoms with Gasteiger partial charge < -0.3 is 14.2 Å². The summed E-state index contributed by atoms with van der Waals surface area (Å²) >= 11 is 0. The van der Waals surface area contributed by atoms with E-state index in [-0.39, 0.29) is 31.1 Å². The molecule has 6 heteroatoms. The van der Waals surface area contributed by atoms with Gasteiger partial charge in [-0.15, -0.1) is 0 Å². The van der Waals surface area contributed by atoms with Crippen LogP contribution in [0.25, 0.3) is 0 Å². The van der Waals surface area contributed by atoms with Crippen LogP contribution in [0, 0.1) is 0 Å². The number of hydrogen-bond acceptors (Lipinski definition) is 6. The van der Waals surface area contributed by atoms with E-state index in [1.54, 1.807) is 0 Å². The van der Waals surface area contributed by atoms with Crippen LogP contribution < -0.4 is 0 Å². The molecule has 0 amide bonds. The third-order valence-electron chi connectivity index (χ3n) is 14.0. The average molecular weight is 1100 g/mol. The zero-order chi connectivity index (χ0) is 57.1. The average Bonchev–Trinajstić information content (AvgIpc) is 3.45. The fourth-order valence-electron chi connectivity index (χ4n) is 9.02. The minimum absolute atomic E-state index is 0.0839. The van der Waals surface area contributed by atoms with E-state index < -0.39 is 6.10 Å². The van der Waals surface area contributed by atoms with Crippen LogP contribution >= 0.6 is 0 Å². The summed E-state index contributed by atoms with van der Waals surface area (Å²) < 4.78 is 16.8. The van der Waals surface area contributed by atoms with Crippen LogP contribution in [0.5, 0.6) is 0 Å². The Bertz CT molecular complexity index is 1640. The molecule has 0 aromatic rings. The van der Waals surface area contributed by atoms with Gasteiger partial charge in [-0.25, -0.2) is 0 Å². The largest absolute Gasteiger partial charge is 0.462 e. The molecule has 0 N–H and O–H groups in total. The summed E-state index contributed by atoms with van der Waals surface area (Å²) in [5, 5.41) is 0. The molecule has 450 valence electrons. The predicted octanol–water partition coefficient (Wildman–Crippen LogP) is 22.8. The van der Waals surface area contributed by atoms with E-state index in [9.17, 15) is 14.4 Å². The monoisotopic (exact) mass is 1090 g/mol. The fourth-order valence-corrected chi connectivity index (χ4v) is 9.02. The van der Waals surface area contributed by atoms with Crippen molar-refractivity contribution in [2.24, 2.45) is 0 Å². The van der Waals surface area contributed by atoms with Crippen LogP contribution in [-0.4, -0.2) is 37.2 Å². The summed E-state index contributed by atoms with van der Waals surface area (Å²) in [7, 11) is 0. The van der Waals surface area contributed by atoms with Crippen LogP contribution in [-0.2, 0) is 28.6 Å². The van der Waals surface area contributed by atoms with Crippen LogP contribution in [0.1, 0.15) is 303 Å². The van der Waals surface area contributed by atoms with Crippen molar-refractivity contribution < 1.29 is 28.6 Å². The van der Waals surface area contributed by atoms with Gasteiger partial charge in [-0.1, -0.05) is 290 Å². The molecule has 0 heterocycles. The smallest absolute Gasteiger partial charge is 0.306 e. The molecule has 0 radical (unpaired) electrons. The summed E-state index contributed by atoms with van der Waals surface area (Å²) in [6.07, 6.45) is 92.3. The van der Waals surface area contributed by atoms with Crippen molar-refractivity contribution in [3.63, 3.8) is 0 Å². The second kappa shape index (κ2) is 66.3. The normalized spacial score (nSPS) is 12.9. The summed E-state index contributed by atoms with van der Waals surface area (Å²) in [4.78, 5) is 38.1. The Hall–Kier alpha value is -4.19. The summed E-state index contributed by atoms with van der Waals surface area (Å²) in [5.41, 5.74) is 0. The molecule has 0 aromatic heterocycles. The Morgan fingerprint density at radius 2 is 0.494 bits per heavy atom. The molecule has 0 aliphatic heterocycles. The van der Waals surface area contributed by atoms with Gasteiger partial charge in [0.1, 0.15) is 13.2 Å². The van der Waals surface area contributed by atoms with Crippen LogP contribution in [0.15, 0.2) is 122 Å². The van der Waals surface area contributed by atoms with Gasteiger partial charge in [-0.3, -0.25) is 14.4 Å². The van der Waals surface area contributed by atoms with Crippen LogP contribution in [0.4, 0.5) is 0 Å². The molecular formula is C73H122O6. The maximum atomic E-state index is 12.9. The number of unbranched alkanes of at least 4 members (excludes halogenated alkanes) is 28. The second-order valence-corrected chi connectivity index (χ2v) is 21.6. The second-order valence-electron chi connectivity index (χ2n) is 21.6. The molecule has 0 aliphatic carbocycles. The van der Waals surface area contributed by atoms with Crippen LogP contribution in [0.3, 0.4) is 0 Å². The van der Waals surface area contributed by atoms with Gasteiger partial charge in [-0.05, 0) is 116 Å². The van der Waals surface area contributed by atoms with Crippen molar-refractivity contribution in [3.05, 3.63) is 122 Å². The minimum atomic E-state index is -0.786. The topological polar surface area (TPSA) is 78.9 Å². The SMILES string of the molecule is CC/C=C\C/C=C\C/C=C\C/C=C\C/C=C\C/C=C\C/C=C\CCCCCCCCCCCCCC(=O)OCC(COC(=O)CCCCCCCCC)OC(=O)CCCCCCCC/C=C\C/C=C\C/C=C\CCCCCCC. The highest BCUT2D eigenvalue weighted by molar-refractivity contribution is 5.71. The van der Waals surface area contributed by atoms with E-state index in [1.165, 1.54) is 135 Å². The lowest BCUT2D eigenvalue weighted by atomic mass is 10.0. The number of carbonyl (C=O) groups excluding carboxylic acids is 3. The van der Waals surface area contributed by atoms with Gasteiger partial charge in [0.15, 0.2) is 6.10 Å². The van der Waals surface area contributed by atoms with E-state index in [0.29, 0.717) is 19.3 Å². The van der Waals surface area contributed by atoms with Gasteiger partial charge in [0.25, 0.3) is 0 Å². The maximum absolute atomic E-state index is 12.9. The van der Waals surface area contributed by atoms with Gasteiger partial charge >= 0.3 is 17.9 Å². The first-order valence-corrected chi connectivity index (χ1v) is 33.0. The van der Waals surface area contributed by atoms with Crippen molar-refractivity contribution in [1.82, 2.24) is 0 Å². The number of rotatable bonds is 59. The zero-order valence-electron chi connectivity index (χ0n) is 51.6. The zero-order valence-corrected chi connectivity index (χ0v) is 51.6. The van der Waals surface area contributed by atoms with E-state index in [2.05, 4.69) is 142 Å². The van der Waals surface area contributed by atoms with Crippen LogP contribution in [0.2, 0.25) is 0 Å². The van der Waals surface area contributed by atoms with Gasteiger partial charge in [0, 0.05) is 19.3 Å². The molecule has 79 heavy (non-hydrogen) atoms.